The zero-order chi connectivity index (χ0) is 33.4. The normalized spacial score (nSPS) is 13.2. The quantitative estimate of drug-likeness (QED) is 0.187. The maximum Gasteiger partial charge on any atom is 0.227 e. The molecule has 0 N–H and O–H groups in total. The molecule has 4 nitrogen and oxygen atoms in total. The minimum Gasteiger partial charge on any atom is -0.454 e. The van der Waals surface area contributed by atoms with Crippen molar-refractivity contribution in [1.29, 1.82) is 0 Å². The maximum absolute atomic E-state index is 6.81. The van der Waals surface area contributed by atoms with Crippen LogP contribution >= 0.6 is 0 Å². The molecular weight excluding hydrogens is 613 g/mol. The van der Waals surface area contributed by atoms with E-state index >= 15 is 0 Å². The standard InChI is InChI=1S/C46H32N2O2/c1-46(2)38-21-10-9-19-34(38)35-24-23-33(26-39(35)46)48(32-18-11-17-31(25-32)29-13-5-3-6-14-29)41-22-12-20-36-37-27-43-40(28-42(37)49-44(36)41)47-45(50-43)30-15-7-4-8-16-30/h3-28H,1-2H3. The number of oxazole rings is 1. The number of nitrogens with zero attached hydrogens (tertiary/aromatic N) is 2. The summed E-state index contributed by atoms with van der Waals surface area (Å²) in [7, 11) is 0. The Hall–Kier alpha value is -6.39. The van der Waals surface area contributed by atoms with Gasteiger partial charge >= 0.3 is 0 Å². The average Bonchev–Trinajstić information content (AvgIpc) is 3.82. The first-order valence-electron chi connectivity index (χ1n) is 17.0. The second kappa shape index (κ2) is 10.8. The van der Waals surface area contributed by atoms with Crippen LogP contribution in [0.25, 0.3) is 66.7 Å². The first-order valence-corrected chi connectivity index (χ1v) is 17.0. The molecule has 2 aromatic heterocycles. The van der Waals surface area contributed by atoms with E-state index in [-0.39, 0.29) is 5.41 Å². The number of furan rings is 1. The number of aromatic nitrogens is 1. The van der Waals surface area contributed by atoms with E-state index in [9.17, 15) is 0 Å². The fourth-order valence-electron chi connectivity index (χ4n) is 7.80. The smallest absolute Gasteiger partial charge is 0.227 e. The second-order valence-corrected chi connectivity index (χ2v) is 13.6. The lowest BCUT2D eigenvalue weighted by atomic mass is 9.82. The number of hydrogen-bond acceptors (Lipinski definition) is 4. The Morgan fingerprint density at radius 1 is 0.500 bits per heavy atom. The van der Waals surface area contributed by atoms with Gasteiger partial charge in [-0.3, -0.25) is 0 Å². The molecule has 0 spiro atoms. The third-order valence-electron chi connectivity index (χ3n) is 10.3. The number of fused-ring (bicyclic) bond motifs is 7. The van der Waals surface area contributed by atoms with Crippen molar-refractivity contribution in [1.82, 2.24) is 4.98 Å². The molecule has 50 heavy (non-hydrogen) atoms. The summed E-state index contributed by atoms with van der Waals surface area (Å²) in [6.45, 7) is 4.66. The van der Waals surface area contributed by atoms with Crippen molar-refractivity contribution in [3.63, 3.8) is 0 Å². The molecule has 0 fully saturated rings. The van der Waals surface area contributed by atoms with Crippen LogP contribution in [0.3, 0.4) is 0 Å². The topological polar surface area (TPSA) is 42.4 Å². The lowest BCUT2D eigenvalue weighted by Crippen LogP contribution is -2.16. The number of hydrogen-bond donors (Lipinski definition) is 0. The van der Waals surface area contributed by atoms with Gasteiger partial charge in [-0.1, -0.05) is 117 Å². The van der Waals surface area contributed by atoms with Gasteiger partial charge in [0, 0.05) is 39.2 Å². The van der Waals surface area contributed by atoms with Crippen LogP contribution in [0.1, 0.15) is 25.0 Å². The van der Waals surface area contributed by atoms with Crippen LogP contribution in [0.15, 0.2) is 167 Å². The first kappa shape index (κ1) is 28.6. The number of benzene rings is 7. The summed E-state index contributed by atoms with van der Waals surface area (Å²) in [5, 5.41) is 2.02. The maximum atomic E-state index is 6.81. The van der Waals surface area contributed by atoms with Gasteiger partial charge in [-0.15, -0.1) is 0 Å². The van der Waals surface area contributed by atoms with Crippen molar-refractivity contribution in [2.24, 2.45) is 0 Å². The van der Waals surface area contributed by atoms with Gasteiger partial charge in [0.1, 0.15) is 11.1 Å². The van der Waals surface area contributed by atoms with Crippen LogP contribution in [0.2, 0.25) is 0 Å². The molecule has 0 aliphatic heterocycles. The second-order valence-electron chi connectivity index (χ2n) is 13.6. The molecule has 0 radical (unpaired) electrons. The van der Waals surface area contributed by atoms with E-state index in [2.05, 4.69) is 140 Å². The Labute approximate surface area is 289 Å². The van der Waals surface area contributed by atoms with E-state index in [0.29, 0.717) is 5.89 Å². The van der Waals surface area contributed by atoms with Crippen LogP contribution in [0.4, 0.5) is 17.1 Å². The van der Waals surface area contributed by atoms with Gasteiger partial charge in [0.05, 0.1) is 5.69 Å². The molecule has 238 valence electrons. The Morgan fingerprint density at radius 2 is 1.20 bits per heavy atom. The monoisotopic (exact) mass is 644 g/mol. The minimum atomic E-state index is -0.134. The van der Waals surface area contributed by atoms with Gasteiger partial charge in [0.25, 0.3) is 0 Å². The third kappa shape index (κ3) is 4.35. The van der Waals surface area contributed by atoms with Crippen molar-refractivity contribution in [3.8, 4) is 33.7 Å². The summed E-state index contributed by atoms with van der Waals surface area (Å²) < 4.78 is 13.1. The molecule has 0 atom stereocenters. The Bertz CT molecular complexity index is 2740. The summed E-state index contributed by atoms with van der Waals surface area (Å²) in [6, 6.07) is 55.5. The fourth-order valence-corrected chi connectivity index (χ4v) is 7.80. The van der Waals surface area contributed by atoms with Crippen molar-refractivity contribution < 1.29 is 8.83 Å². The predicted octanol–water partition coefficient (Wildman–Crippen LogP) is 12.8. The largest absolute Gasteiger partial charge is 0.454 e. The minimum absolute atomic E-state index is 0.134. The van der Waals surface area contributed by atoms with Crippen LogP contribution < -0.4 is 4.90 Å². The number of anilines is 3. The summed E-state index contributed by atoms with van der Waals surface area (Å²) in [5.41, 5.74) is 14.6. The van der Waals surface area contributed by atoms with E-state index in [4.69, 9.17) is 13.8 Å². The van der Waals surface area contributed by atoms with Crippen molar-refractivity contribution in [3.05, 3.63) is 169 Å². The van der Waals surface area contributed by atoms with E-state index in [1.165, 1.54) is 27.8 Å². The summed E-state index contributed by atoms with van der Waals surface area (Å²) in [6.07, 6.45) is 0. The highest BCUT2D eigenvalue weighted by atomic mass is 16.4. The molecule has 9 aromatic rings. The zero-order valence-corrected chi connectivity index (χ0v) is 27.7. The van der Waals surface area contributed by atoms with Gasteiger partial charge < -0.3 is 13.7 Å². The molecule has 0 saturated heterocycles. The van der Waals surface area contributed by atoms with Gasteiger partial charge in [0.2, 0.25) is 5.89 Å². The third-order valence-corrected chi connectivity index (χ3v) is 10.3. The van der Waals surface area contributed by atoms with Gasteiger partial charge in [-0.05, 0) is 81.9 Å². The zero-order valence-electron chi connectivity index (χ0n) is 27.7. The van der Waals surface area contributed by atoms with Crippen LogP contribution in [0, 0.1) is 0 Å². The van der Waals surface area contributed by atoms with Gasteiger partial charge in [-0.25, -0.2) is 4.98 Å². The lowest BCUT2D eigenvalue weighted by molar-refractivity contribution is 0.620. The number of rotatable bonds is 5. The Balaban J connectivity index is 1.18. The molecule has 7 aromatic carbocycles. The SMILES string of the molecule is CC1(C)c2ccccc2-c2ccc(N(c3cccc(-c4ccccc4)c3)c3cccc4c3oc3cc5nc(-c6ccccc6)oc5cc34)cc21. The lowest BCUT2D eigenvalue weighted by Gasteiger charge is -2.28. The summed E-state index contributed by atoms with van der Waals surface area (Å²) in [4.78, 5) is 7.16. The highest BCUT2D eigenvalue weighted by Crippen LogP contribution is 2.51. The van der Waals surface area contributed by atoms with Crippen LogP contribution in [-0.2, 0) is 5.41 Å². The van der Waals surface area contributed by atoms with Gasteiger partial charge in [-0.2, -0.15) is 0 Å². The molecule has 1 aliphatic rings. The molecule has 0 unspecified atom stereocenters. The average molecular weight is 645 g/mol. The molecule has 0 saturated carbocycles. The van der Waals surface area contributed by atoms with Crippen LogP contribution in [-0.4, -0.2) is 4.98 Å². The molecule has 0 amide bonds. The molecule has 0 bridgehead atoms. The van der Waals surface area contributed by atoms with Crippen molar-refractivity contribution in [2.75, 3.05) is 4.90 Å². The highest BCUT2D eigenvalue weighted by molar-refractivity contribution is 6.13. The van der Waals surface area contributed by atoms with Crippen molar-refractivity contribution in [2.45, 2.75) is 19.3 Å². The van der Waals surface area contributed by atoms with E-state index in [1.807, 2.05) is 36.4 Å². The molecule has 10 rings (SSSR count). The molecular formula is C46H32N2O2. The van der Waals surface area contributed by atoms with E-state index in [0.717, 1.165) is 61.2 Å². The highest BCUT2D eigenvalue weighted by Gasteiger charge is 2.36. The fraction of sp³-hybridized carbons (Fsp3) is 0.0652. The summed E-state index contributed by atoms with van der Waals surface area (Å²) in [5.74, 6) is 0.601. The van der Waals surface area contributed by atoms with Crippen molar-refractivity contribution >= 4 is 50.1 Å². The van der Waals surface area contributed by atoms with Crippen LogP contribution in [0.5, 0.6) is 0 Å². The Morgan fingerprint density at radius 3 is 2.04 bits per heavy atom. The first-order chi connectivity index (χ1) is 24.5. The van der Waals surface area contributed by atoms with E-state index < -0.39 is 0 Å². The van der Waals surface area contributed by atoms with E-state index in [1.54, 1.807) is 0 Å². The molecule has 2 heterocycles. The molecule has 4 heteroatoms. The number of para-hydroxylation sites is 1. The predicted molar refractivity (Wildman–Crippen MR) is 204 cm³/mol. The Kier molecular flexibility index (Phi) is 6.19. The molecule has 1 aliphatic carbocycles. The summed E-state index contributed by atoms with van der Waals surface area (Å²) >= 11 is 0. The van der Waals surface area contributed by atoms with Gasteiger partial charge in [0.15, 0.2) is 11.2 Å².